The van der Waals surface area contributed by atoms with Gasteiger partial charge in [0.05, 0.1) is 21.8 Å². The number of rotatable bonds is 6. The molecule has 0 amide bonds. The lowest BCUT2D eigenvalue weighted by atomic mass is 10.2. The summed E-state index contributed by atoms with van der Waals surface area (Å²) < 4.78 is 59.1. The first kappa shape index (κ1) is 20.0. The second-order valence-corrected chi connectivity index (χ2v) is 7.06. The fourth-order valence-corrected chi connectivity index (χ4v) is 3.61. The van der Waals surface area contributed by atoms with Crippen LogP contribution >= 0.6 is 23.6 Å². The predicted molar refractivity (Wildman–Crippen MR) is 98.9 cm³/mol. The average molecular weight is 430 g/mol. The predicted octanol–water partition coefficient (Wildman–Crippen LogP) is 4.30. The molecule has 1 aromatic heterocycles. The van der Waals surface area contributed by atoms with Crippen LogP contribution in [0.3, 0.4) is 0 Å². The van der Waals surface area contributed by atoms with E-state index in [9.17, 15) is 22.4 Å². The summed E-state index contributed by atoms with van der Waals surface area (Å²) in [4.78, 5) is 14.7. The summed E-state index contributed by atoms with van der Waals surface area (Å²) in [5.41, 5.74) is -0.218. The summed E-state index contributed by atoms with van der Waals surface area (Å²) in [6.45, 7) is -0.688. The molecule has 3 aromatic rings. The van der Waals surface area contributed by atoms with Crippen molar-refractivity contribution in [3.63, 3.8) is 0 Å². The number of hydrogen-bond donors (Lipinski definition) is 2. The van der Waals surface area contributed by atoms with Crippen molar-refractivity contribution in [1.29, 1.82) is 0 Å². The summed E-state index contributed by atoms with van der Waals surface area (Å²) >= 11 is 5.99. The maximum atomic E-state index is 13.8. The molecule has 0 saturated heterocycles. The third-order valence-corrected chi connectivity index (χ3v) is 4.75. The number of fused-ring (bicyclic) bond motifs is 1. The van der Waals surface area contributed by atoms with Gasteiger partial charge < -0.3 is 15.2 Å². The van der Waals surface area contributed by atoms with Gasteiger partial charge in [0.1, 0.15) is 27.9 Å². The number of thiocarbonyl (C=S) groups is 1. The molecule has 0 bridgehead atoms. The molecule has 3 rings (SSSR count). The number of nitrogens with one attached hydrogen (secondary N) is 1. The number of thiazole rings is 1. The topological polar surface area (TPSA) is 71.5 Å². The number of carbonyl (C=O) groups is 1. The standard InChI is InChI=1S/C17H10F4N2O3S2/c18-7-1-2-10(11(3-7)26-6-14(24)25)22-12(27)5-13-23-16-15(21)8(19)4-9(20)17(16)28-13/h1-4H,5-6H2,(H,22,27)(H,24,25). The molecule has 0 atom stereocenters. The Morgan fingerprint density at radius 3 is 2.68 bits per heavy atom. The van der Waals surface area contributed by atoms with Crippen LogP contribution < -0.4 is 10.1 Å². The average Bonchev–Trinajstić information content (AvgIpc) is 3.04. The van der Waals surface area contributed by atoms with E-state index in [1.165, 1.54) is 6.07 Å². The number of aliphatic carboxylic acids is 1. The minimum absolute atomic E-state index is 0.0368. The summed E-state index contributed by atoms with van der Waals surface area (Å²) in [7, 11) is 0. The van der Waals surface area contributed by atoms with Gasteiger partial charge in [-0.25, -0.2) is 27.3 Å². The zero-order valence-electron chi connectivity index (χ0n) is 13.8. The monoisotopic (exact) mass is 430 g/mol. The Hall–Kier alpha value is -2.79. The smallest absolute Gasteiger partial charge is 0.341 e. The molecule has 28 heavy (non-hydrogen) atoms. The highest BCUT2D eigenvalue weighted by Crippen LogP contribution is 2.30. The van der Waals surface area contributed by atoms with Crippen molar-refractivity contribution in [2.24, 2.45) is 0 Å². The van der Waals surface area contributed by atoms with Crippen LogP contribution in [0.2, 0.25) is 0 Å². The number of carboxylic acids is 1. The van der Waals surface area contributed by atoms with Gasteiger partial charge in [-0.1, -0.05) is 12.2 Å². The molecule has 11 heteroatoms. The molecule has 2 aromatic carbocycles. The van der Waals surface area contributed by atoms with Gasteiger partial charge in [0, 0.05) is 12.1 Å². The Balaban J connectivity index is 1.79. The van der Waals surface area contributed by atoms with E-state index < -0.39 is 41.4 Å². The zero-order chi connectivity index (χ0) is 20.4. The van der Waals surface area contributed by atoms with E-state index in [0.29, 0.717) is 6.07 Å². The van der Waals surface area contributed by atoms with Gasteiger partial charge in [-0.3, -0.25) is 0 Å². The number of hydrogen-bond acceptors (Lipinski definition) is 5. The van der Waals surface area contributed by atoms with Crippen LogP contribution in [-0.4, -0.2) is 27.7 Å². The van der Waals surface area contributed by atoms with E-state index in [-0.39, 0.29) is 32.6 Å². The van der Waals surface area contributed by atoms with Crippen molar-refractivity contribution in [3.05, 3.63) is 52.5 Å². The molecular weight excluding hydrogens is 420 g/mol. The van der Waals surface area contributed by atoms with Crippen molar-refractivity contribution in [2.45, 2.75) is 6.42 Å². The Kier molecular flexibility index (Phi) is 5.75. The molecule has 146 valence electrons. The van der Waals surface area contributed by atoms with Gasteiger partial charge in [-0.15, -0.1) is 11.3 Å². The number of ether oxygens (including phenoxy) is 1. The molecule has 0 fully saturated rings. The second kappa shape index (κ2) is 8.07. The van der Waals surface area contributed by atoms with Crippen molar-refractivity contribution in [1.82, 2.24) is 4.98 Å². The fraction of sp³-hybridized carbons (Fsp3) is 0.118. The molecule has 0 spiro atoms. The van der Waals surface area contributed by atoms with Crippen LogP contribution in [0.1, 0.15) is 5.01 Å². The normalized spacial score (nSPS) is 10.9. The van der Waals surface area contributed by atoms with Gasteiger partial charge in [-0.05, 0) is 12.1 Å². The van der Waals surface area contributed by atoms with E-state index >= 15 is 0 Å². The van der Waals surface area contributed by atoms with Gasteiger partial charge in [0.15, 0.2) is 18.2 Å². The third kappa shape index (κ3) is 4.37. The van der Waals surface area contributed by atoms with Crippen molar-refractivity contribution in [2.75, 3.05) is 11.9 Å². The number of benzene rings is 2. The molecule has 1 heterocycles. The van der Waals surface area contributed by atoms with E-state index in [0.717, 1.165) is 23.5 Å². The minimum atomic E-state index is -1.34. The second-order valence-electron chi connectivity index (χ2n) is 5.49. The first-order valence-corrected chi connectivity index (χ1v) is 8.84. The summed E-state index contributed by atoms with van der Waals surface area (Å²) in [6.07, 6.45) is -0.0368. The van der Waals surface area contributed by atoms with Crippen LogP contribution in [0.25, 0.3) is 10.2 Å². The fourth-order valence-electron chi connectivity index (χ4n) is 2.29. The van der Waals surface area contributed by atoms with E-state index in [1.54, 1.807) is 0 Å². The lowest BCUT2D eigenvalue weighted by molar-refractivity contribution is -0.139. The number of anilines is 1. The number of nitrogens with zero attached hydrogens (tertiary/aromatic N) is 1. The molecule has 2 N–H and O–H groups in total. The van der Waals surface area contributed by atoms with Gasteiger partial charge in [-0.2, -0.15) is 0 Å². The highest BCUT2D eigenvalue weighted by molar-refractivity contribution is 7.80. The summed E-state index contributed by atoms with van der Waals surface area (Å²) in [5.74, 6) is -5.48. The largest absolute Gasteiger partial charge is 0.480 e. The molecule has 0 saturated carbocycles. The summed E-state index contributed by atoms with van der Waals surface area (Å²) in [5, 5.41) is 11.7. The Bertz CT molecular complexity index is 1090. The van der Waals surface area contributed by atoms with Crippen molar-refractivity contribution < 1.29 is 32.2 Å². The van der Waals surface area contributed by atoms with Crippen LogP contribution in [0.5, 0.6) is 5.75 Å². The van der Waals surface area contributed by atoms with Crippen LogP contribution in [0.15, 0.2) is 24.3 Å². The quantitative estimate of drug-likeness (QED) is 0.345. The molecule has 0 unspecified atom stereocenters. The first-order chi connectivity index (χ1) is 13.2. The number of aromatic nitrogens is 1. The molecular formula is C17H10F4N2O3S2. The Morgan fingerprint density at radius 1 is 1.21 bits per heavy atom. The maximum absolute atomic E-state index is 13.8. The Morgan fingerprint density at radius 2 is 1.96 bits per heavy atom. The van der Waals surface area contributed by atoms with Gasteiger partial charge in [0.2, 0.25) is 0 Å². The highest BCUT2D eigenvalue weighted by Gasteiger charge is 2.18. The van der Waals surface area contributed by atoms with E-state index in [2.05, 4.69) is 10.3 Å². The van der Waals surface area contributed by atoms with Crippen LogP contribution in [0, 0.1) is 23.3 Å². The third-order valence-electron chi connectivity index (χ3n) is 3.44. The first-order valence-electron chi connectivity index (χ1n) is 7.61. The number of halogens is 4. The van der Waals surface area contributed by atoms with Crippen molar-refractivity contribution in [3.8, 4) is 5.75 Å². The Labute approximate surface area is 164 Å². The van der Waals surface area contributed by atoms with E-state index in [4.69, 9.17) is 22.1 Å². The lowest BCUT2D eigenvalue weighted by Crippen LogP contribution is -2.15. The molecule has 0 aliphatic carbocycles. The van der Waals surface area contributed by atoms with Gasteiger partial charge in [0.25, 0.3) is 0 Å². The van der Waals surface area contributed by atoms with Crippen LogP contribution in [0.4, 0.5) is 23.2 Å². The van der Waals surface area contributed by atoms with Crippen molar-refractivity contribution >= 4 is 50.4 Å². The van der Waals surface area contributed by atoms with Crippen LogP contribution in [-0.2, 0) is 11.2 Å². The number of carboxylic acid groups (broad SMARTS) is 1. The molecule has 5 nitrogen and oxygen atoms in total. The molecule has 0 radical (unpaired) electrons. The summed E-state index contributed by atoms with van der Waals surface area (Å²) in [6, 6.07) is 3.84. The SMILES string of the molecule is O=C(O)COc1cc(F)ccc1NC(=S)Cc1nc2c(F)c(F)cc(F)c2s1. The van der Waals surface area contributed by atoms with E-state index in [1.807, 2.05) is 0 Å². The zero-order valence-corrected chi connectivity index (χ0v) is 15.4. The molecule has 0 aliphatic rings. The maximum Gasteiger partial charge on any atom is 0.341 e. The minimum Gasteiger partial charge on any atom is -0.480 e. The highest BCUT2D eigenvalue weighted by atomic mass is 32.1. The molecule has 0 aliphatic heterocycles. The van der Waals surface area contributed by atoms with Gasteiger partial charge >= 0.3 is 5.97 Å². The lowest BCUT2D eigenvalue weighted by Gasteiger charge is -2.12.